The number of anilines is 2. The first-order chi connectivity index (χ1) is 11.8. The molecule has 0 radical (unpaired) electrons. The van der Waals surface area contributed by atoms with E-state index in [2.05, 4.69) is 48.2 Å². The molecule has 0 aliphatic carbocycles. The van der Waals surface area contributed by atoms with Crippen LogP contribution in [-0.4, -0.2) is 22.0 Å². The van der Waals surface area contributed by atoms with Gasteiger partial charge in [-0.2, -0.15) is 0 Å². The quantitative estimate of drug-likeness (QED) is 0.774. The summed E-state index contributed by atoms with van der Waals surface area (Å²) < 4.78 is 0. The van der Waals surface area contributed by atoms with Gasteiger partial charge in [-0.25, -0.2) is 0 Å². The highest BCUT2D eigenvalue weighted by Crippen LogP contribution is 2.27. The smallest absolute Gasteiger partial charge is 0.247 e. The molecule has 6 nitrogen and oxygen atoms in total. The number of nitrogens with zero attached hydrogens (tertiary/aromatic N) is 2. The predicted molar refractivity (Wildman–Crippen MR) is 101 cm³/mol. The van der Waals surface area contributed by atoms with Gasteiger partial charge in [-0.05, 0) is 30.2 Å². The number of aromatic nitrogens is 2. The van der Waals surface area contributed by atoms with Crippen molar-refractivity contribution in [3.63, 3.8) is 0 Å². The lowest BCUT2D eigenvalue weighted by molar-refractivity contribution is -0.116. The summed E-state index contributed by atoms with van der Waals surface area (Å²) in [6.07, 6.45) is 2.17. The molecular formula is C18H22N4O2S. The van der Waals surface area contributed by atoms with E-state index < -0.39 is 0 Å². The minimum absolute atomic E-state index is 0.0800. The first-order valence-corrected chi connectivity index (χ1v) is 8.76. The minimum atomic E-state index is -0.251. The van der Waals surface area contributed by atoms with E-state index in [9.17, 15) is 9.59 Å². The van der Waals surface area contributed by atoms with Crippen molar-refractivity contribution < 1.29 is 9.59 Å². The molecule has 0 spiro atoms. The van der Waals surface area contributed by atoms with E-state index in [0.29, 0.717) is 23.7 Å². The van der Waals surface area contributed by atoms with E-state index in [1.54, 1.807) is 12.1 Å². The first kappa shape index (κ1) is 18.8. The molecule has 2 amide bonds. The lowest BCUT2D eigenvalue weighted by Gasteiger charge is -2.12. The van der Waals surface area contributed by atoms with Crippen LogP contribution in [0.3, 0.4) is 0 Å². The van der Waals surface area contributed by atoms with Gasteiger partial charge in [0, 0.05) is 17.5 Å². The summed E-state index contributed by atoms with van der Waals surface area (Å²) in [4.78, 5) is 23.3. The predicted octanol–water partition coefficient (Wildman–Crippen LogP) is 3.53. The number of hydrogen-bond acceptors (Lipinski definition) is 5. The maximum absolute atomic E-state index is 12.1. The van der Waals surface area contributed by atoms with Crippen LogP contribution >= 0.6 is 11.3 Å². The van der Waals surface area contributed by atoms with Gasteiger partial charge in [0.1, 0.15) is 5.01 Å². The average Bonchev–Trinajstić information content (AvgIpc) is 3.03. The van der Waals surface area contributed by atoms with E-state index >= 15 is 0 Å². The molecule has 0 atom stereocenters. The van der Waals surface area contributed by atoms with Gasteiger partial charge in [-0.1, -0.05) is 50.8 Å². The molecule has 2 rings (SSSR count). The van der Waals surface area contributed by atoms with Crippen LogP contribution in [0.15, 0.2) is 36.9 Å². The van der Waals surface area contributed by atoms with Gasteiger partial charge in [0.2, 0.25) is 16.9 Å². The molecule has 0 aliphatic rings. The monoisotopic (exact) mass is 358 g/mol. The zero-order valence-electron chi connectivity index (χ0n) is 14.6. The second-order valence-electron chi connectivity index (χ2n) is 6.60. The summed E-state index contributed by atoms with van der Waals surface area (Å²) in [5.41, 5.74) is 1.63. The standard InChI is InChI=1S/C18H22N4O2S/c1-5-14(23)19-13-9-6-12(7-10-13)8-11-15(24)20-17-22-21-16(25-17)18(2,3)4/h5-7,9-10H,1,8,11H2,2-4H3,(H,19,23)(H,20,22,24). The topological polar surface area (TPSA) is 84.0 Å². The van der Waals surface area contributed by atoms with Gasteiger partial charge >= 0.3 is 0 Å². The number of aryl methyl sites for hydroxylation is 1. The molecule has 0 aliphatic heterocycles. The summed E-state index contributed by atoms with van der Waals surface area (Å²) in [7, 11) is 0. The SMILES string of the molecule is C=CC(=O)Nc1ccc(CCC(=O)Nc2nnc(C(C)(C)C)s2)cc1. The largest absolute Gasteiger partial charge is 0.323 e. The van der Waals surface area contributed by atoms with Crippen LogP contribution in [0.5, 0.6) is 0 Å². The molecule has 0 saturated carbocycles. The molecule has 0 fully saturated rings. The van der Waals surface area contributed by atoms with Crippen molar-refractivity contribution in [3.05, 3.63) is 47.5 Å². The summed E-state index contributed by atoms with van der Waals surface area (Å²) >= 11 is 1.40. The van der Waals surface area contributed by atoms with Crippen molar-refractivity contribution in [3.8, 4) is 0 Å². The molecule has 1 heterocycles. The molecule has 1 aromatic heterocycles. The lowest BCUT2D eigenvalue weighted by Crippen LogP contribution is -2.12. The average molecular weight is 358 g/mol. The number of carbonyl (C=O) groups excluding carboxylic acids is 2. The normalized spacial score (nSPS) is 11.0. The Morgan fingerprint density at radius 1 is 1.16 bits per heavy atom. The number of benzene rings is 1. The molecule has 2 N–H and O–H groups in total. The second kappa shape index (κ2) is 8.02. The lowest BCUT2D eigenvalue weighted by atomic mass is 9.98. The fraction of sp³-hybridized carbons (Fsp3) is 0.333. The first-order valence-electron chi connectivity index (χ1n) is 7.94. The molecule has 0 unspecified atom stereocenters. The third kappa shape index (κ3) is 5.79. The van der Waals surface area contributed by atoms with Gasteiger partial charge in [-0.15, -0.1) is 10.2 Å². The molecule has 7 heteroatoms. The molecule has 25 heavy (non-hydrogen) atoms. The van der Waals surface area contributed by atoms with Crippen LogP contribution in [0.1, 0.15) is 37.8 Å². The summed E-state index contributed by atoms with van der Waals surface area (Å²) in [6.45, 7) is 9.57. The van der Waals surface area contributed by atoms with Gasteiger partial charge < -0.3 is 10.6 Å². The van der Waals surface area contributed by atoms with Crippen LogP contribution in [0, 0.1) is 0 Å². The summed E-state index contributed by atoms with van der Waals surface area (Å²) in [5.74, 6) is -0.348. The minimum Gasteiger partial charge on any atom is -0.323 e. The van der Waals surface area contributed by atoms with Crippen molar-refractivity contribution in [1.29, 1.82) is 0 Å². The third-order valence-corrected chi connectivity index (χ3v) is 4.62. The maximum atomic E-state index is 12.1. The van der Waals surface area contributed by atoms with E-state index in [1.165, 1.54) is 17.4 Å². The maximum Gasteiger partial charge on any atom is 0.247 e. The van der Waals surface area contributed by atoms with Gasteiger partial charge in [0.25, 0.3) is 0 Å². The second-order valence-corrected chi connectivity index (χ2v) is 7.58. The fourth-order valence-corrected chi connectivity index (χ4v) is 2.78. The Morgan fingerprint density at radius 2 is 1.84 bits per heavy atom. The molecule has 132 valence electrons. The molecule has 0 saturated heterocycles. The Bertz CT molecular complexity index is 760. The Balaban J connectivity index is 1.84. The third-order valence-electron chi connectivity index (χ3n) is 3.36. The number of nitrogens with one attached hydrogen (secondary N) is 2. The van der Waals surface area contributed by atoms with Crippen LogP contribution in [-0.2, 0) is 21.4 Å². The van der Waals surface area contributed by atoms with Gasteiger partial charge in [-0.3, -0.25) is 9.59 Å². The van der Waals surface area contributed by atoms with Crippen molar-refractivity contribution in [2.24, 2.45) is 0 Å². The van der Waals surface area contributed by atoms with E-state index in [0.717, 1.165) is 10.6 Å². The number of rotatable bonds is 6. The van der Waals surface area contributed by atoms with E-state index in [-0.39, 0.29) is 17.2 Å². The van der Waals surface area contributed by atoms with Crippen LogP contribution in [0.25, 0.3) is 0 Å². The Hall–Kier alpha value is -2.54. The fourth-order valence-electron chi connectivity index (χ4n) is 1.96. The van der Waals surface area contributed by atoms with Crippen molar-refractivity contribution in [2.75, 3.05) is 10.6 Å². The van der Waals surface area contributed by atoms with Gasteiger partial charge in [0.15, 0.2) is 0 Å². The molecule has 1 aromatic carbocycles. The summed E-state index contributed by atoms with van der Waals surface area (Å²) in [6, 6.07) is 7.37. The van der Waals surface area contributed by atoms with E-state index in [1.807, 2.05) is 12.1 Å². The molecule has 0 bridgehead atoms. The Kier molecular flexibility index (Phi) is 6.03. The zero-order chi connectivity index (χ0) is 18.4. The Morgan fingerprint density at radius 3 is 2.40 bits per heavy atom. The number of carbonyl (C=O) groups is 2. The van der Waals surface area contributed by atoms with Crippen LogP contribution < -0.4 is 10.6 Å². The van der Waals surface area contributed by atoms with Crippen molar-refractivity contribution in [2.45, 2.75) is 39.0 Å². The van der Waals surface area contributed by atoms with Crippen molar-refractivity contribution in [1.82, 2.24) is 10.2 Å². The Labute approximate surface area is 151 Å². The highest BCUT2D eigenvalue weighted by atomic mass is 32.1. The van der Waals surface area contributed by atoms with Crippen molar-refractivity contribution >= 4 is 34.0 Å². The molecule has 2 aromatic rings. The van der Waals surface area contributed by atoms with E-state index in [4.69, 9.17) is 0 Å². The van der Waals surface area contributed by atoms with Crippen LogP contribution in [0.2, 0.25) is 0 Å². The van der Waals surface area contributed by atoms with Gasteiger partial charge in [0.05, 0.1) is 0 Å². The zero-order valence-corrected chi connectivity index (χ0v) is 15.4. The summed E-state index contributed by atoms with van der Waals surface area (Å²) in [5, 5.41) is 15.0. The number of amides is 2. The highest BCUT2D eigenvalue weighted by Gasteiger charge is 2.19. The van der Waals surface area contributed by atoms with Crippen LogP contribution in [0.4, 0.5) is 10.8 Å². The highest BCUT2D eigenvalue weighted by molar-refractivity contribution is 7.15. The molecular weight excluding hydrogens is 336 g/mol. The number of hydrogen-bond donors (Lipinski definition) is 2.